The van der Waals surface area contributed by atoms with Crippen LogP contribution in [0.25, 0.3) is 0 Å². The number of aliphatic carboxylic acids is 1. The molecule has 0 radical (unpaired) electrons. The molecule has 0 aromatic carbocycles. The second-order valence-electron chi connectivity index (χ2n) is 9.91. The Kier molecular flexibility index (Phi) is 11.9. The molecule has 3 amide bonds. The van der Waals surface area contributed by atoms with Crippen LogP contribution in [0, 0.1) is 5.92 Å². The Balaban J connectivity index is 2.61. The highest BCUT2D eigenvalue weighted by atomic mass is 79.9. The first-order valence-corrected chi connectivity index (χ1v) is 12.2. The van der Waals surface area contributed by atoms with E-state index in [1.54, 1.807) is 47.6 Å². The molecule has 1 rings (SSSR count). The Hall–Kier alpha value is -3.09. The van der Waals surface area contributed by atoms with Crippen LogP contribution in [0.1, 0.15) is 54.4 Å². The number of alkyl carbamates (subject to hydrolysis) is 2. The summed E-state index contributed by atoms with van der Waals surface area (Å²) in [5.41, 5.74) is -0.949. The van der Waals surface area contributed by atoms with E-state index in [1.807, 2.05) is 0 Å². The lowest BCUT2D eigenvalue weighted by molar-refractivity contribution is -0.141. The molecule has 13 heteroatoms. The number of carboxylic acids is 1. The number of ether oxygens (including phenoxy) is 2. The summed E-state index contributed by atoms with van der Waals surface area (Å²) in [7, 11) is 0. The van der Waals surface area contributed by atoms with Gasteiger partial charge < -0.3 is 35.8 Å². The fraction of sp³-hybridized carbons (Fsp3) is 0.609. The highest BCUT2D eigenvalue weighted by molar-refractivity contribution is 9.10. The molecular weight excluding hydrogens is 538 g/mol. The Morgan fingerprint density at radius 3 is 2.14 bits per heavy atom. The fourth-order valence-electron chi connectivity index (χ4n) is 2.68. The summed E-state index contributed by atoms with van der Waals surface area (Å²) >= 11 is 3.31. The second-order valence-corrected chi connectivity index (χ2v) is 10.8. The third-order valence-corrected chi connectivity index (χ3v) is 4.61. The number of pyridine rings is 1. The van der Waals surface area contributed by atoms with Gasteiger partial charge in [-0.1, -0.05) is 0 Å². The normalized spacial score (nSPS) is 12.2. The Bertz CT molecular complexity index is 928. The zero-order valence-electron chi connectivity index (χ0n) is 21.5. The molecule has 0 saturated heterocycles. The van der Waals surface area contributed by atoms with Crippen LogP contribution >= 0.6 is 15.9 Å². The molecule has 0 aliphatic carbocycles. The number of hydrogen-bond donors (Lipinski definition) is 5. The number of carbonyl (C=O) groups is 4. The molecule has 0 fully saturated rings. The molecule has 1 heterocycles. The molecule has 0 bridgehead atoms. The molecular formula is C23H36BrN5O7. The van der Waals surface area contributed by atoms with Gasteiger partial charge >= 0.3 is 18.2 Å². The maximum Gasteiger partial charge on any atom is 0.407 e. The van der Waals surface area contributed by atoms with Gasteiger partial charge in [-0.25, -0.2) is 14.6 Å². The van der Waals surface area contributed by atoms with E-state index < -0.39 is 35.3 Å². The van der Waals surface area contributed by atoms with Gasteiger partial charge in [0, 0.05) is 36.7 Å². The number of halogens is 1. The van der Waals surface area contributed by atoms with Gasteiger partial charge in [-0.05, 0) is 70.0 Å². The monoisotopic (exact) mass is 573 g/mol. The van der Waals surface area contributed by atoms with Crippen LogP contribution in [0.5, 0.6) is 0 Å². The van der Waals surface area contributed by atoms with Gasteiger partial charge in [0.15, 0.2) is 0 Å². The first-order chi connectivity index (χ1) is 16.6. The van der Waals surface area contributed by atoms with Crippen molar-refractivity contribution in [1.82, 2.24) is 15.6 Å². The first kappa shape index (κ1) is 30.9. The minimum Gasteiger partial charge on any atom is -0.481 e. The van der Waals surface area contributed by atoms with Gasteiger partial charge in [0.05, 0.1) is 11.6 Å². The van der Waals surface area contributed by atoms with Crippen LogP contribution in [-0.4, -0.2) is 65.0 Å². The number of anilines is 2. The molecule has 0 aliphatic rings. The van der Waals surface area contributed by atoms with Gasteiger partial charge in [0.25, 0.3) is 0 Å². The summed E-state index contributed by atoms with van der Waals surface area (Å²) < 4.78 is 10.9. The molecule has 0 spiro atoms. The summed E-state index contributed by atoms with van der Waals surface area (Å²) in [5, 5.41) is 20.2. The second kappa shape index (κ2) is 13.9. The molecule has 0 aliphatic heterocycles. The molecule has 36 heavy (non-hydrogen) atoms. The average molecular weight is 574 g/mol. The highest BCUT2D eigenvalue weighted by Crippen LogP contribution is 2.23. The Morgan fingerprint density at radius 2 is 1.58 bits per heavy atom. The predicted octanol–water partition coefficient (Wildman–Crippen LogP) is 3.72. The number of carbonyl (C=O) groups excluding carboxylic acids is 3. The standard InChI is InChI=1S/C23H36BrN5O7/c1-22(2,3)35-20(33)26-10-8-17(30)29-16-11-15(24)13-27-18(16)25-9-7-14(19(31)32)12-28-21(34)36-23(4,5)6/h11,13-14H,7-10,12H2,1-6H3,(H,25,27)(H,26,33)(H,28,34)(H,29,30)(H,31,32). The highest BCUT2D eigenvalue weighted by Gasteiger charge is 2.21. The average Bonchev–Trinajstić information content (AvgIpc) is 2.68. The lowest BCUT2D eigenvalue weighted by Crippen LogP contribution is -2.37. The van der Waals surface area contributed by atoms with E-state index in [0.717, 1.165) is 0 Å². The van der Waals surface area contributed by atoms with E-state index in [0.29, 0.717) is 16.0 Å². The summed E-state index contributed by atoms with van der Waals surface area (Å²) in [4.78, 5) is 51.7. The summed E-state index contributed by atoms with van der Waals surface area (Å²) in [6.45, 7) is 10.5. The van der Waals surface area contributed by atoms with E-state index in [9.17, 15) is 24.3 Å². The van der Waals surface area contributed by atoms with Gasteiger partial charge in [-0.2, -0.15) is 0 Å². The van der Waals surface area contributed by atoms with Crippen molar-refractivity contribution in [2.24, 2.45) is 5.92 Å². The summed E-state index contributed by atoms with van der Waals surface area (Å²) in [6, 6.07) is 1.65. The van der Waals surface area contributed by atoms with Crippen LogP contribution in [0.3, 0.4) is 0 Å². The van der Waals surface area contributed by atoms with Crippen molar-refractivity contribution in [3.8, 4) is 0 Å². The van der Waals surface area contributed by atoms with Crippen molar-refractivity contribution in [3.63, 3.8) is 0 Å². The first-order valence-electron chi connectivity index (χ1n) is 11.4. The minimum atomic E-state index is -1.07. The number of amides is 3. The third kappa shape index (κ3) is 13.7. The van der Waals surface area contributed by atoms with Crippen molar-refractivity contribution >= 4 is 51.5 Å². The Labute approximate surface area is 219 Å². The molecule has 202 valence electrons. The molecule has 5 N–H and O–H groups in total. The SMILES string of the molecule is CC(C)(C)OC(=O)NCCC(=O)Nc1cc(Br)cnc1NCCC(CNC(=O)OC(C)(C)C)C(=O)O. The van der Waals surface area contributed by atoms with Crippen molar-refractivity contribution < 1.29 is 33.8 Å². The maximum atomic E-state index is 12.4. The zero-order chi connectivity index (χ0) is 27.5. The fourth-order valence-corrected chi connectivity index (χ4v) is 3.01. The van der Waals surface area contributed by atoms with Gasteiger partial charge in [0.2, 0.25) is 5.91 Å². The van der Waals surface area contributed by atoms with Gasteiger partial charge in [0.1, 0.15) is 17.0 Å². The third-order valence-electron chi connectivity index (χ3n) is 4.17. The molecule has 1 atom stereocenters. The zero-order valence-corrected chi connectivity index (χ0v) is 23.1. The van der Waals surface area contributed by atoms with Crippen molar-refractivity contribution in [2.75, 3.05) is 30.3 Å². The predicted molar refractivity (Wildman–Crippen MR) is 138 cm³/mol. The molecule has 1 unspecified atom stereocenters. The molecule has 12 nitrogen and oxygen atoms in total. The van der Waals surface area contributed by atoms with Crippen LogP contribution < -0.4 is 21.3 Å². The number of aromatic nitrogens is 1. The van der Waals surface area contributed by atoms with Crippen molar-refractivity contribution in [1.29, 1.82) is 0 Å². The van der Waals surface area contributed by atoms with Gasteiger partial charge in [-0.15, -0.1) is 0 Å². The lowest BCUT2D eigenvalue weighted by Gasteiger charge is -2.21. The number of nitrogens with zero attached hydrogens (tertiary/aromatic N) is 1. The Morgan fingerprint density at radius 1 is 1.00 bits per heavy atom. The number of nitrogens with one attached hydrogen (secondary N) is 4. The number of rotatable bonds is 11. The largest absolute Gasteiger partial charge is 0.481 e. The van der Waals surface area contributed by atoms with Crippen LogP contribution in [0.2, 0.25) is 0 Å². The van der Waals surface area contributed by atoms with E-state index in [-0.39, 0.29) is 38.4 Å². The molecule has 0 saturated carbocycles. The van der Waals surface area contributed by atoms with Crippen molar-refractivity contribution in [3.05, 3.63) is 16.7 Å². The topological polar surface area (TPSA) is 168 Å². The van der Waals surface area contributed by atoms with Crippen LogP contribution in [0.4, 0.5) is 21.1 Å². The number of hydrogen-bond acceptors (Lipinski definition) is 8. The van der Waals surface area contributed by atoms with Crippen molar-refractivity contribution in [2.45, 2.75) is 65.6 Å². The minimum absolute atomic E-state index is 0.00260. The quantitative estimate of drug-likeness (QED) is 0.265. The van der Waals surface area contributed by atoms with Crippen LogP contribution in [-0.2, 0) is 19.1 Å². The molecule has 1 aromatic rings. The smallest absolute Gasteiger partial charge is 0.407 e. The van der Waals surface area contributed by atoms with E-state index >= 15 is 0 Å². The summed E-state index contributed by atoms with van der Waals surface area (Å²) in [6.07, 6.45) is 0.401. The number of carboxylic acid groups (broad SMARTS) is 1. The maximum absolute atomic E-state index is 12.4. The van der Waals surface area contributed by atoms with E-state index in [1.165, 1.54) is 6.20 Å². The summed E-state index contributed by atoms with van der Waals surface area (Å²) in [5.74, 6) is -1.95. The van der Waals surface area contributed by atoms with Crippen LogP contribution in [0.15, 0.2) is 16.7 Å². The van der Waals surface area contributed by atoms with Gasteiger partial charge in [-0.3, -0.25) is 9.59 Å². The lowest BCUT2D eigenvalue weighted by atomic mass is 10.1. The molecule has 1 aromatic heterocycles. The van der Waals surface area contributed by atoms with E-state index in [4.69, 9.17) is 9.47 Å². The van der Waals surface area contributed by atoms with E-state index in [2.05, 4.69) is 42.2 Å².